The number of halogens is 3. The van der Waals surface area contributed by atoms with E-state index in [4.69, 9.17) is 0 Å². The van der Waals surface area contributed by atoms with Crippen LogP contribution in [0.15, 0.2) is 29.4 Å². The van der Waals surface area contributed by atoms with Gasteiger partial charge in [-0.05, 0) is 12.1 Å². The van der Waals surface area contributed by atoms with Gasteiger partial charge >= 0.3 is 6.18 Å². The normalized spacial score (nSPS) is 11.6. The maximum atomic E-state index is 13.0. The Morgan fingerprint density at radius 3 is 2.48 bits per heavy atom. The van der Waals surface area contributed by atoms with Gasteiger partial charge < -0.3 is 14.8 Å². The third-order valence-corrected chi connectivity index (χ3v) is 5.03. The van der Waals surface area contributed by atoms with E-state index in [0.29, 0.717) is 5.16 Å². The molecule has 0 fully saturated rings. The van der Waals surface area contributed by atoms with Gasteiger partial charge in [-0.25, -0.2) is 0 Å². The molecule has 0 bridgehead atoms. The van der Waals surface area contributed by atoms with Crippen molar-refractivity contribution < 1.29 is 22.8 Å². The highest BCUT2D eigenvalue weighted by molar-refractivity contribution is 7.99. The Bertz CT molecular complexity index is 883. The molecule has 2 aromatic rings. The molecule has 29 heavy (non-hydrogen) atoms. The molecule has 0 spiro atoms. The van der Waals surface area contributed by atoms with Gasteiger partial charge in [-0.2, -0.15) is 13.2 Å². The number of thioether (sulfide) groups is 1. The summed E-state index contributed by atoms with van der Waals surface area (Å²) >= 11 is 1.18. The molecule has 0 radical (unpaired) electrons. The van der Waals surface area contributed by atoms with Crippen LogP contribution in [0.1, 0.15) is 31.2 Å². The Morgan fingerprint density at radius 1 is 1.24 bits per heavy atom. The second-order valence-electron chi connectivity index (χ2n) is 6.68. The fourth-order valence-electron chi connectivity index (χ4n) is 2.52. The Morgan fingerprint density at radius 2 is 1.90 bits per heavy atom. The first-order valence-electron chi connectivity index (χ1n) is 8.72. The van der Waals surface area contributed by atoms with Crippen molar-refractivity contribution in [3.05, 3.63) is 35.7 Å². The minimum atomic E-state index is -4.59. The van der Waals surface area contributed by atoms with E-state index < -0.39 is 17.6 Å². The number of nitrogens with one attached hydrogen (secondary N) is 1. The predicted molar refractivity (Wildman–Crippen MR) is 104 cm³/mol. The van der Waals surface area contributed by atoms with Crippen LogP contribution in [-0.2, 0) is 22.8 Å². The quantitative estimate of drug-likeness (QED) is 0.684. The number of anilines is 1. The molecular formula is C18H22F3N5O2S. The lowest BCUT2D eigenvalue weighted by molar-refractivity contribution is -0.137. The number of amides is 2. The van der Waals surface area contributed by atoms with Gasteiger partial charge in [0.15, 0.2) is 5.16 Å². The minimum Gasteiger partial charge on any atom is -0.336 e. The number of para-hydroxylation sites is 1. The topological polar surface area (TPSA) is 80.1 Å². The molecule has 1 heterocycles. The van der Waals surface area contributed by atoms with E-state index in [1.165, 1.54) is 37.0 Å². The molecule has 1 aromatic heterocycles. The average molecular weight is 429 g/mol. The lowest BCUT2D eigenvalue weighted by atomic mass is 10.1. The zero-order valence-corrected chi connectivity index (χ0v) is 17.3. The number of carbonyl (C=O) groups is 2. The van der Waals surface area contributed by atoms with Gasteiger partial charge in [0.1, 0.15) is 5.82 Å². The van der Waals surface area contributed by atoms with E-state index >= 15 is 0 Å². The number of nitrogens with zero attached hydrogens (tertiary/aromatic N) is 4. The maximum absolute atomic E-state index is 13.0. The third kappa shape index (κ3) is 5.96. The number of rotatable bonds is 7. The van der Waals surface area contributed by atoms with Gasteiger partial charge in [0.2, 0.25) is 11.8 Å². The maximum Gasteiger partial charge on any atom is 0.418 e. The van der Waals surface area contributed by atoms with Gasteiger partial charge in [-0.15, -0.1) is 10.2 Å². The van der Waals surface area contributed by atoms with E-state index in [0.717, 1.165) is 16.8 Å². The van der Waals surface area contributed by atoms with Crippen molar-refractivity contribution in [1.82, 2.24) is 19.7 Å². The lowest BCUT2D eigenvalue weighted by Gasteiger charge is -2.18. The molecule has 0 saturated heterocycles. The zero-order chi connectivity index (χ0) is 21.8. The van der Waals surface area contributed by atoms with E-state index in [1.54, 1.807) is 11.6 Å². The first kappa shape index (κ1) is 22.7. The van der Waals surface area contributed by atoms with Gasteiger partial charge in [-0.3, -0.25) is 9.59 Å². The summed E-state index contributed by atoms with van der Waals surface area (Å²) in [5.41, 5.74) is -1.29. The molecule has 158 valence electrons. The van der Waals surface area contributed by atoms with Crippen LogP contribution in [0.5, 0.6) is 0 Å². The van der Waals surface area contributed by atoms with Crippen LogP contribution >= 0.6 is 11.8 Å². The van der Waals surface area contributed by atoms with E-state index in [2.05, 4.69) is 15.5 Å². The van der Waals surface area contributed by atoms with Gasteiger partial charge in [-0.1, -0.05) is 37.7 Å². The van der Waals surface area contributed by atoms with Crippen molar-refractivity contribution >= 4 is 29.3 Å². The Balaban J connectivity index is 1.92. The smallest absolute Gasteiger partial charge is 0.336 e. The second kappa shape index (κ2) is 9.29. The number of aromatic nitrogens is 3. The van der Waals surface area contributed by atoms with Crippen LogP contribution < -0.4 is 5.32 Å². The summed E-state index contributed by atoms with van der Waals surface area (Å²) in [5, 5.41) is 10.9. The van der Waals surface area contributed by atoms with Crippen LogP contribution in [-0.4, -0.2) is 50.8 Å². The standard InChI is InChI=1S/C18H22F3N5O2S/c1-11(2)16-23-24-17(26(16)4)29-10-15(28)25(3)9-14(27)22-13-8-6-5-7-12(13)18(19,20)21/h5-8,11H,9-10H2,1-4H3,(H,22,27). The average Bonchev–Trinajstić information content (AvgIpc) is 2.99. The number of hydrogen-bond acceptors (Lipinski definition) is 5. The van der Waals surface area contributed by atoms with Gasteiger partial charge in [0, 0.05) is 20.0 Å². The van der Waals surface area contributed by atoms with E-state index in [1.807, 2.05) is 13.8 Å². The number of carbonyl (C=O) groups excluding carboxylic acids is 2. The minimum absolute atomic E-state index is 0.0208. The summed E-state index contributed by atoms with van der Waals surface area (Å²) in [6.45, 7) is 3.58. The number of alkyl halides is 3. The van der Waals surface area contributed by atoms with Crippen LogP contribution in [0.4, 0.5) is 18.9 Å². The molecule has 2 rings (SSSR count). The first-order valence-corrected chi connectivity index (χ1v) is 9.71. The lowest BCUT2D eigenvalue weighted by Crippen LogP contribution is -2.36. The van der Waals surface area contributed by atoms with E-state index in [9.17, 15) is 22.8 Å². The van der Waals surface area contributed by atoms with Crippen molar-refractivity contribution in [3.63, 3.8) is 0 Å². The summed E-state index contributed by atoms with van der Waals surface area (Å²) in [5.74, 6) is -0.0846. The van der Waals surface area contributed by atoms with Crippen LogP contribution in [0.2, 0.25) is 0 Å². The summed E-state index contributed by atoms with van der Waals surface area (Å²) in [4.78, 5) is 25.5. The Hall–Kier alpha value is -2.56. The predicted octanol–water partition coefficient (Wildman–Crippen LogP) is 3.15. The number of hydrogen-bond donors (Lipinski definition) is 1. The molecule has 0 aliphatic rings. The van der Waals surface area contributed by atoms with Crippen molar-refractivity contribution in [3.8, 4) is 0 Å². The van der Waals surface area contributed by atoms with Crippen LogP contribution in [0.25, 0.3) is 0 Å². The fraction of sp³-hybridized carbons (Fsp3) is 0.444. The van der Waals surface area contributed by atoms with Crippen molar-refractivity contribution in [1.29, 1.82) is 0 Å². The van der Waals surface area contributed by atoms with E-state index in [-0.39, 0.29) is 29.8 Å². The zero-order valence-electron chi connectivity index (χ0n) is 16.4. The largest absolute Gasteiger partial charge is 0.418 e. The number of benzene rings is 1. The first-order chi connectivity index (χ1) is 13.5. The van der Waals surface area contributed by atoms with Crippen LogP contribution in [0.3, 0.4) is 0 Å². The summed E-state index contributed by atoms with van der Waals surface area (Å²) in [6, 6.07) is 4.68. The van der Waals surface area contributed by atoms with Crippen molar-refractivity contribution in [2.75, 3.05) is 24.7 Å². The van der Waals surface area contributed by atoms with Gasteiger partial charge in [0.25, 0.3) is 0 Å². The molecule has 7 nitrogen and oxygen atoms in total. The second-order valence-corrected chi connectivity index (χ2v) is 7.63. The molecule has 0 aliphatic carbocycles. The molecule has 0 aliphatic heterocycles. The molecule has 0 saturated carbocycles. The monoisotopic (exact) mass is 429 g/mol. The van der Waals surface area contributed by atoms with Gasteiger partial charge in [0.05, 0.1) is 23.5 Å². The van der Waals surface area contributed by atoms with Crippen molar-refractivity contribution in [2.24, 2.45) is 7.05 Å². The Kier molecular flexibility index (Phi) is 7.28. The molecular weight excluding hydrogens is 407 g/mol. The van der Waals surface area contributed by atoms with Crippen molar-refractivity contribution in [2.45, 2.75) is 31.1 Å². The summed E-state index contributed by atoms with van der Waals surface area (Å²) < 4.78 is 40.8. The highest BCUT2D eigenvalue weighted by Gasteiger charge is 2.33. The fourth-order valence-corrected chi connectivity index (χ4v) is 3.38. The molecule has 2 amide bonds. The SMILES string of the molecule is CC(C)c1nnc(SCC(=O)N(C)CC(=O)Nc2ccccc2C(F)(F)F)n1C. The molecule has 1 aromatic carbocycles. The Labute approximate surface area is 170 Å². The molecule has 1 N–H and O–H groups in total. The highest BCUT2D eigenvalue weighted by Crippen LogP contribution is 2.34. The molecule has 11 heteroatoms. The summed E-state index contributed by atoms with van der Waals surface area (Å²) in [7, 11) is 3.21. The molecule has 0 atom stereocenters. The number of likely N-dealkylation sites (N-methyl/N-ethyl adjacent to an activating group) is 1. The highest BCUT2D eigenvalue weighted by atomic mass is 32.2. The van der Waals surface area contributed by atoms with Crippen LogP contribution in [0, 0.1) is 0 Å². The molecule has 0 unspecified atom stereocenters. The third-order valence-electron chi connectivity index (χ3n) is 4.02. The summed E-state index contributed by atoms with van der Waals surface area (Å²) in [6.07, 6.45) is -4.59.